The molecule has 23 heavy (non-hydrogen) atoms. The number of nitrogens with zero attached hydrogens (tertiary/aromatic N) is 2. The first-order chi connectivity index (χ1) is 11.1. The zero-order valence-corrected chi connectivity index (χ0v) is 13.0. The number of pyridine rings is 1. The van der Waals surface area contributed by atoms with Crippen LogP contribution in [0.2, 0.25) is 0 Å². The quantitative estimate of drug-likeness (QED) is 0.277. The molecule has 2 aromatic rings. The van der Waals surface area contributed by atoms with E-state index in [-0.39, 0.29) is 11.6 Å². The van der Waals surface area contributed by atoms with Gasteiger partial charge in [0.2, 0.25) is 5.91 Å². The lowest BCUT2D eigenvalue weighted by Gasteiger charge is -2.02. The Balaban J connectivity index is 1.76. The summed E-state index contributed by atoms with van der Waals surface area (Å²) >= 11 is 1.56. The van der Waals surface area contributed by atoms with E-state index in [2.05, 4.69) is 10.3 Å². The maximum Gasteiger partial charge on any atom is 0.270 e. The highest BCUT2D eigenvalue weighted by Gasteiger charge is 2.04. The number of nitro groups is 1. The van der Waals surface area contributed by atoms with Crippen LogP contribution in [0.5, 0.6) is 0 Å². The minimum Gasteiger partial charge on any atom is -0.352 e. The zero-order valence-electron chi connectivity index (χ0n) is 12.2. The molecule has 0 bridgehead atoms. The van der Waals surface area contributed by atoms with Gasteiger partial charge in [-0.2, -0.15) is 0 Å². The minimum absolute atomic E-state index is 0.000630. The second-order valence-electron chi connectivity index (χ2n) is 4.49. The Kier molecular flexibility index (Phi) is 6.31. The highest BCUT2D eigenvalue weighted by Crippen LogP contribution is 2.14. The highest BCUT2D eigenvalue weighted by atomic mass is 32.2. The van der Waals surface area contributed by atoms with Crippen molar-refractivity contribution < 1.29 is 9.72 Å². The third-order valence-corrected chi connectivity index (χ3v) is 3.74. The van der Waals surface area contributed by atoms with Crippen LogP contribution in [0.3, 0.4) is 0 Å². The summed E-state index contributed by atoms with van der Waals surface area (Å²) in [4.78, 5) is 26.1. The van der Waals surface area contributed by atoms with Crippen LogP contribution >= 0.6 is 11.8 Å². The molecule has 2 rings (SSSR count). The molecule has 0 radical (unpaired) electrons. The van der Waals surface area contributed by atoms with E-state index in [0.29, 0.717) is 17.9 Å². The first-order valence-electron chi connectivity index (χ1n) is 6.89. The van der Waals surface area contributed by atoms with Gasteiger partial charge in [0.05, 0.1) is 9.95 Å². The van der Waals surface area contributed by atoms with Crippen molar-refractivity contribution in [3.05, 3.63) is 70.4 Å². The van der Waals surface area contributed by atoms with Gasteiger partial charge in [0.1, 0.15) is 0 Å². The van der Waals surface area contributed by atoms with Crippen LogP contribution in [0.25, 0.3) is 6.08 Å². The molecule has 0 saturated carbocycles. The summed E-state index contributed by atoms with van der Waals surface area (Å²) in [7, 11) is 0. The van der Waals surface area contributed by atoms with E-state index in [1.54, 1.807) is 36.2 Å². The van der Waals surface area contributed by atoms with Gasteiger partial charge in [0.25, 0.3) is 5.69 Å². The number of carbonyl (C=O) groups excluding carboxylic acids is 1. The molecule has 0 saturated heterocycles. The average molecular weight is 329 g/mol. The van der Waals surface area contributed by atoms with E-state index in [1.807, 2.05) is 18.2 Å². The second kappa shape index (κ2) is 8.70. The lowest BCUT2D eigenvalue weighted by atomic mass is 10.2. The van der Waals surface area contributed by atoms with E-state index in [0.717, 1.165) is 5.03 Å². The molecule has 0 fully saturated rings. The van der Waals surface area contributed by atoms with Gasteiger partial charge < -0.3 is 5.32 Å². The number of hydrogen-bond acceptors (Lipinski definition) is 5. The predicted octanol–water partition coefficient (Wildman–Crippen LogP) is 2.91. The molecule has 0 spiro atoms. The molecule has 0 aliphatic heterocycles. The van der Waals surface area contributed by atoms with Crippen molar-refractivity contribution in [1.82, 2.24) is 10.3 Å². The van der Waals surface area contributed by atoms with Crippen LogP contribution in [-0.2, 0) is 4.79 Å². The lowest BCUT2D eigenvalue weighted by Crippen LogP contribution is -2.23. The van der Waals surface area contributed by atoms with Crippen LogP contribution < -0.4 is 5.32 Å². The number of aromatic nitrogens is 1. The molecule has 0 atom stereocenters. The summed E-state index contributed by atoms with van der Waals surface area (Å²) in [6.07, 6.45) is 4.64. The number of carbonyl (C=O) groups is 1. The molecule has 1 heterocycles. The maximum atomic E-state index is 11.7. The van der Waals surface area contributed by atoms with E-state index < -0.39 is 4.92 Å². The van der Waals surface area contributed by atoms with E-state index in [4.69, 9.17) is 0 Å². The summed E-state index contributed by atoms with van der Waals surface area (Å²) in [5.41, 5.74) is 0.608. The summed E-state index contributed by atoms with van der Waals surface area (Å²) in [6, 6.07) is 11.8. The fourth-order valence-electron chi connectivity index (χ4n) is 1.74. The monoisotopic (exact) mass is 329 g/mol. The molecule has 6 nitrogen and oxygen atoms in total. The molecule has 0 aliphatic carbocycles. The maximum absolute atomic E-state index is 11.7. The Bertz CT molecular complexity index is 705. The van der Waals surface area contributed by atoms with Crippen LogP contribution in [0.15, 0.2) is 59.8 Å². The SMILES string of the molecule is O=C(/C=C/c1cccc([N+](=O)[O-])c1)NCCSc1ccccn1. The van der Waals surface area contributed by atoms with E-state index in [1.165, 1.54) is 18.2 Å². The van der Waals surface area contributed by atoms with Crippen molar-refractivity contribution in [2.45, 2.75) is 5.03 Å². The molecule has 118 valence electrons. The second-order valence-corrected chi connectivity index (χ2v) is 5.61. The van der Waals surface area contributed by atoms with Crippen molar-refractivity contribution in [3.63, 3.8) is 0 Å². The van der Waals surface area contributed by atoms with Gasteiger partial charge in [0, 0.05) is 36.7 Å². The van der Waals surface area contributed by atoms with Crippen LogP contribution in [0.1, 0.15) is 5.56 Å². The average Bonchev–Trinajstić information content (AvgIpc) is 2.58. The number of hydrogen-bond donors (Lipinski definition) is 1. The Labute approximate surface area is 137 Å². The number of nitrogens with one attached hydrogen (secondary N) is 1. The highest BCUT2D eigenvalue weighted by molar-refractivity contribution is 7.99. The number of nitro benzene ring substituents is 1. The van der Waals surface area contributed by atoms with Gasteiger partial charge in [-0.3, -0.25) is 14.9 Å². The smallest absolute Gasteiger partial charge is 0.270 e. The van der Waals surface area contributed by atoms with Gasteiger partial charge in [-0.15, -0.1) is 11.8 Å². The number of non-ortho nitro benzene ring substituents is 1. The van der Waals surface area contributed by atoms with Gasteiger partial charge in [-0.25, -0.2) is 4.98 Å². The number of benzene rings is 1. The van der Waals surface area contributed by atoms with Crippen LogP contribution in [0.4, 0.5) is 5.69 Å². The molecular formula is C16H15N3O3S. The molecule has 0 aliphatic rings. The largest absolute Gasteiger partial charge is 0.352 e. The van der Waals surface area contributed by atoms with Crippen LogP contribution in [-0.4, -0.2) is 28.1 Å². The van der Waals surface area contributed by atoms with E-state index in [9.17, 15) is 14.9 Å². The Morgan fingerprint density at radius 3 is 2.91 bits per heavy atom. The van der Waals surface area contributed by atoms with E-state index >= 15 is 0 Å². The van der Waals surface area contributed by atoms with Crippen molar-refractivity contribution in [2.75, 3.05) is 12.3 Å². The Hall–Kier alpha value is -2.67. The summed E-state index contributed by atoms with van der Waals surface area (Å²) < 4.78 is 0. The summed E-state index contributed by atoms with van der Waals surface area (Å²) in [6.45, 7) is 0.513. The van der Waals surface area contributed by atoms with Crippen molar-refractivity contribution in [2.24, 2.45) is 0 Å². The lowest BCUT2D eigenvalue weighted by molar-refractivity contribution is -0.384. The topological polar surface area (TPSA) is 85.1 Å². The fourth-order valence-corrected chi connectivity index (χ4v) is 2.46. The third kappa shape index (κ3) is 5.91. The van der Waals surface area contributed by atoms with Gasteiger partial charge in [0.15, 0.2) is 0 Å². The van der Waals surface area contributed by atoms with Crippen molar-refractivity contribution in [3.8, 4) is 0 Å². The predicted molar refractivity (Wildman–Crippen MR) is 90.1 cm³/mol. The fraction of sp³-hybridized carbons (Fsp3) is 0.125. The van der Waals surface area contributed by atoms with Crippen LogP contribution in [0, 0.1) is 10.1 Å². The normalized spacial score (nSPS) is 10.6. The number of amides is 1. The molecule has 1 aromatic heterocycles. The van der Waals surface area contributed by atoms with Crippen molar-refractivity contribution >= 4 is 29.4 Å². The van der Waals surface area contributed by atoms with Gasteiger partial charge >= 0.3 is 0 Å². The van der Waals surface area contributed by atoms with Gasteiger partial charge in [-0.05, 0) is 23.8 Å². The molecule has 7 heteroatoms. The van der Waals surface area contributed by atoms with Gasteiger partial charge in [-0.1, -0.05) is 18.2 Å². The first kappa shape index (κ1) is 16.7. The molecule has 0 unspecified atom stereocenters. The molecule has 1 amide bonds. The summed E-state index contributed by atoms with van der Waals surface area (Å²) in [5, 5.41) is 14.3. The first-order valence-corrected chi connectivity index (χ1v) is 7.88. The number of rotatable bonds is 7. The Morgan fingerprint density at radius 2 is 2.17 bits per heavy atom. The zero-order chi connectivity index (χ0) is 16.5. The molecule has 1 N–H and O–H groups in total. The third-order valence-electron chi connectivity index (χ3n) is 2.80. The number of thioether (sulfide) groups is 1. The molecule has 1 aromatic carbocycles. The Morgan fingerprint density at radius 1 is 1.30 bits per heavy atom. The standard InChI is InChI=1S/C16H15N3O3S/c20-15(17-10-11-23-16-6-1-2-9-18-16)8-7-13-4-3-5-14(12-13)19(21)22/h1-9,12H,10-11H2,(H,17,20)/b8-7+. The minimum atomic E-state index is -0.466. The summed E-state index contributed by atoms with van der Waals surface area (Å²) in [5.74, 6) is 0.478. The molecular weight excluding hydrogens is 314 g/mol. The van der Waals surface area contributed by atoms with Crippen molar-refractivity contribution in [1.29, 1.82) is 0 Å².